The maximum absolute atomic E-state index is 11.7. The van der Waals surface area contributed by atoms with Gasteiger partial charge in [-0.05, 0) is 57.9 Å². The second-order valence-corrected chi connectivity index (χ2v) is 9.10. The molecule has 1 rings (SSSR count). The van der Waals surface area contributed by atoms with Gasteiger partial charge in [0.1, 0.15) is 17.8 Å². The number of hydrogen-bond acceptors (Lipinski definition) is 7. The van der Waals surface area contributed by atoms with Crippen LogP contribution in [0.25, 0.3) is 0 Å². The molecule has 0 amide bonds. The van der Waals surface area contributed by atoms with Crippen molar-refractivity contribution in [3.63, 3.8) is 0 Å². The second-order valence-electron chi connectivity index (χ2n) is 9.10. The molecule has 0 saturated carbocycles. The van der Waals surface area contributed by atoms with E-state index < -0.39 is 17.7 Å². The number of carbonyl (C=O) groups excluding carboxylic acids is 3. The molecule has 0 aromatic heterocycles. The molecule has 0 N–H and O–H groups in total. The monoisotopic (exact) mass is 452 g/mol. The predicted octanol–water partition coefficient (Wildman–Crippen LogP) is 4.68. The van der Waals surface area contributed by atoms with Crippen LogP contribution in [-0.2, 0) is 33.3 Å². The summed E-state index contributed by atoms with van der Waals surface area (Å²) in [7, 11) is 1.34. The van der Waals surface area contributed by atoms with E-state index in [0.29, 0.717) is 25.7 Å². The molecule has 1 saturated heterocycles. The van der Waals surface area contributed by atoms with Crippen molar-refractivity contribution in [1.29, 1.82) is 0 Å². The molecule has 1 fully saturated rings. The fourth-order valence-corrected chi connectivity index (χ4v) is 3.92. The van der Waals surface area contributed by atoms with Crippen molar-refractivity contribution in [3.8, 4) is 0 Å². The zero-order valence-electron chi connectivity index (χ0n) is 20.7. The van der Waals surface area contributed by atoms with E-state index in [1.54, 1.807) is 0 Å². The minimum Gasteiger partial charge on any atom is -0.466 e. The van der Waals surface area contributed by atoms with Crippen molar-refractivity contribution in [2.75, 3.05) is 13.7 Å². The van der Waals surface area contributed by atoms with Crippen molar-refractivity contribution in [1.82, 2.24) is 0 Å². The lowest BCUT2D eigenvalue weighted by molar-refractivity contribution is -0.167. The molecule has 1 heterocycles. The van der Waals surface area contributed by atoms with Gasteiger partial charge < -0.3 is 18.9 Å². The van der Waals surface area contributed by atoms with Gasteiger partial charge in [0.25, 0.3) is 0 Å². The molecule has 0 spiro atoms. The van der Waals surface area contributed by atoms with Crippen LogP contribution in [0.1, 0.15) is 80.1 Å². The summed E-state index contributed by atoms with van der Waals surface area (Å²) in [5.74, 6) is -0.873. The Bertz CT molecular complexity index is 705. The molecule has 1 aliphatic rings. The van der Waals surface area contributed by atoms with Crippen molar-refractivity contribution < 1.29 is 33.3 Å². The van der Waals surface area contributed by atoms with Crippen molar-refractivity contribution in [3.05, 3.63) is 23.3 Å². The molecule has 2 unspecified atom stereocenters. The summed E-state index contributed by atoms with van der Waals surface area (Å²) in [6.07, 6.45) is 7.14. The molecule has 0 aromatic carbocycles. The Labute approximate surface area is 192 Å². The van der Waals surface area contributed by atoms with Gasteiger partial charge in [-0.1, -0.05) is 25.0 Å². The number of hydrogen-bond donors (Lipinski definition) is 0. The summed E-state index contributed by atoms with van der Waals surface area (Å²) in [4.78, 5) is 34.9. The minimum absolute atomic E-state index is 0.172. The Morgan fingerprint density at radius 3 is 2.44 bits per heavy atom. The lowest BCUT2D eigenvalue weighted by Crippen LogP contribution is -2.43. The highest BCUT2D eigenvalue weighted by Gasteiger charge is 2.39. The van der Waals surface area contributed by atoms with E-state index in [1.807, 2.05) is 20.8 Å². The SMILES string of the molecule is COC(=O)C=C1CC[C@@H](OC(C)=O)[C@](C)(CCCC(C)C(CC=C(C)C)OC(C)=O)OC1. The molecule has 7 heteroatoms. The molecule has 7 nitrogen and oxygen atoms in total. The maximum Gasteiger partial charge on any atom is 0.330 e. The Morgan fingerprint density at radius 1 is 1.19 bits per heavy atom. The summed E-state index contributed by atoms with van der Waals surface area (Å²) < 4.78 is 22.1. The highest BCUT2D eigenvalue weighted by Crippen LogP contribution is 2.34. The lowest BCUT2D eigenvalue weighted by Gasteiger charge is -2.35. The van der Waals surface area contributed by atoms with E-state index in [4.69, 9.17) is 18.9 Å². The minimum atomic E-state index is -0.673. The number of esters is 3. The van der Waals surface area contributed by atoms with Crippen LogP contribution in [0, 0.1) is 5.92 Å². The van der Waals surface area contributed by atoms with Gasteiger partial charge in [0.15, 0.2) is 0 Å². The highest BCUT2D eigenvalue weighted by molar-refractivity contribution is 5.82. The van der Waals surface area contributed by atoms with E-state index in [1.165, 1.54) is 32.6 Å². The third-order valence-corrected chi connectivity index (χ3v) is 5.87. The van der Waals surface area contributed by atoms with Gasteiger partial charge in [0, 0.05) is 26.3 Å². The molecule has 4 atom stereocenters. The van der Waals surface area contributed by atoms with Gasteiger partial charge >= 0.3 is 17.9 Å². The van der Waals surface area contributed by atoms with E-state index in [-0.39, 0.29) is 30.6 Å². The predicted molar refractivity (Wildman–Crippen MR) is 122 cm³/mol. The van der Waals surface area contributed by atoms with Gasteiger partial charge in [-0.15, -0.1) is 0 Å². The van der Waals surface area contributed by atoms with E-state index in [0.717, 1.165) is 18.4 Å². The summed E-state index contributed by atoms with van der Waals surface area (Å²) in [6.45, 7) is 11.2. The fourth-order valence-electron chi connectivity index (χ4n) is 3.92. The summed E-state index contributed by atoms with van der Waals surface area (Å²) in [6, 6.07) is 0. The number of ether oxygens (including phenoxy) is 4. The summed E-state index contributed by atoms with van der Waals surface area (Å²) >= 11 is 0. The molecule has 32 heavy (non-hydrogen) atoms. The van der Waals surface area contributed by atoms with Gasteiger partial charge in [0.2, 0.25) is 0 Å². The van der Waals surface area contributed by atoms with Crippen LogP contribution in [0.3, 0.4) is 0 Å². The van der Waals surface area contributed by atoms with E-state index in [2.05, 4.69) is 13.0 Å². The molecule has 0 aromatic rings. The average molecular weight is 453 g/mol. The van der Waals surface area contributed by atoms with Gasteiger partial charge in [-0.25, -0.2) is 4.79 Å². The third kappa shape index (κ3) is 9.98. The van der Waals surface area contributed by atoms with Gasteiger partial charge in [-0.2, -0.15) is 0 Å². The van der Waals surface area contributed by atoms with Gasteiger partial charge in [0.05, 0.1) is 13.7 Å². The second kappa shape index (κ2) is 13.4. The quantitative estimate of drug-likeness (QED) is 0.206. The standard InChI is InChI=1S/C25H40O7/c1-17(2)10-12-22(31-19(4)26)18(3)9-8-14-25(6)23(32-20(5)27)13-11-21(16-30-25)15-24(28)29-7/h10,15,18,22-23H,8-9,11-14,16H2,1-7H3/t18?,22?,23-,25+/m1/s1. The molecule has 0 aliphatic carbocycles. The van der Waals surface area contributed by atoms with Crippen LogP contribution in [0.15, 0.2) is 23.3 Å². The van der Waals surface area contributed by atoms with Crippen molar-refractivity contribution in [2.45, 2.75) is 97.9 Å². The first kappa shape index (κ1) is 27.9. The highest BCUT2D eigenvalue weighted by atomic mass is 16.6. The molecule has 1 aliphatic heterocycles. The van der Waals surface area contributed by atoms with Crippen LogP contribution in [0.5, 0.6) is 0 Å². The first-order valence-corrected chi connectivity index (χ1v) is 11.4. The van der Waals surface area contributed by atoms with E-state index >= 15 is 0 Å². The first-order chi connectivity index (χ1) is 15.0. The van der Waals surface area contributed by atoms with Crippen molar-refractivity contribution in [2.24, 2.45) is 5.92 Å². The van der Waals surface area contributed by atoms with Crippen molar-refractivity contribution >= 4 is 17.9 Å². The smallest absolute Gasteiger partial charge is 0.330 e. The number of allylic oxidation sites excluding steroid dienone is 1. The largest absolute Gasteiger partial charge is 0.466 e. The molecular formula is C25H40O7. The topological polar surface area (TPSA) is 88.1 Å². The zero-order valence-corrected chi connectivity index (χ0v) is 20.7. The lowest BCUT2D eigenvalue weighted by atomic mass is 9.86. The number of methoxy groups -OCH3 is 1. The summed E-state index contributed by atoms with van der Waals surface area (Å²) in [5.41, 5.74) is 1.34. The number of rotatable bonds is 10. The molecule has 182 valence electrons. The van der Waals surface area contributed by atoms with Crippen LogP contribution >= 0.6 is 0 Å². The van der Waals surface area contributed by atoms with Gasteiger partial charge in [-0.3, -0.25) is 9.59 Å². The summed E-state index contributed by atoms with van der Waals surface area (Å²) in [5, 5.41) is 0. The molecule has 0 bridgehead atoms. The maximum atomic E-state index is 11.7. The number of carbonyl (C=O) groups is 3. The van der Waals surface area contributed by atoms with E-state index in [9.17, 15) is 14.4 Å². The van der Waals surface area contributed by atoms with Crippen LogP contribution in [0.4, 0.5) is 0 Å². The van der Waals surface area contributed by atoms with Crippen LogP contribution in [0.2, 0.25) is 0 Å². The normalized spacial score (nSPS) is 24.1. The Hall–Kier alpha value is -2.15. The van der Waals surface area contributed by atoms with Crippen LogP contribution in [-0.4, -0.2) is 49.4 Å². The fraction of sp³-hybridized carbons (Fsp3) is 0.720. The average Bonchev–Trinajstić information content (AvgIpc) is 2.84. The Morgan fingerprint density at radius 2 is 1.88 bits per heavy atom. The zero-order chi connectivity index (χ0) is 24.3. The molecule has 0 radical (unpaired) electrons. The third-order valence-electron chi connectivity index (χ3n) is 5.87. The Balaban J connectivity index is 2.84. The van der Waals surface area contributed by atoms with Crippen LogP contribution < -0.4 is 0 Å². The Kier molecular flexibility index (Phi) is 11.7. The first-order valence-electron chi connectivity index (χ1n) is 11.4. The molecular weight excluding hydrogens is 412 g/mol.